The molecule has 1 aliphatic rings. The van der Waals surface area contributed by atoms with Gasteiger partial charge in [-0.25, -0.2) is 17.2 Å². The molecule has 0 bridgehead atoms. The Morgan fingerprint density at radius 1 is 1.16 bits per heavy atom. The molecule has 1 heterocycles. The van der Waals surface area contributed by atoms with Crippen molar-refractivity contribution < 1.29 is 21.7 Å². The molecule has 1 aliphatic carbocycles. The monoisotopic (exact) mass is 371 g/mol. The number of hydrogen-bond acceptors (Lipinski definition) is 5. The summed E-state index contributed by atoms with van der Waals surface area (Å²) in [5, 5.41) is 3.90. The number of hydrogen-bond donors (Lipinski definition) is 1. The van der Waals surface area contributed by atoms with Gasteiger partial charge >= 0.3 is 0 Å². The van der Waals surface area contributed by atoms with Gasteiger partial charge in [0, 0.05) is 13.0 Å². The van der Waals surface area contributed by atoms with Crippen molar-refractivity contribution in [2.24, 2.45) is 0 Å². The molecule has 1 aromatic carbocycles. The molecule has 2 aromatic rings. The zero-order valence-electron chi connectivity index (χ0n) is 13.8. The third kappa shape index (κ3) is 3.72. The van der Waals surface area contributed by atoms with Crippen LogP contribution in [-0.4, -0.2) is 18.6 Å². The standard InChI is InChI=1S/C16H19F2N3O3S/c1-11-19-15(20-24-11)16(8-4-2-3-5-9-16)21-25(22,23)14-7-6-12(17)10-13(14)18/h6-7,10,21H,2-5,8-9H2,1H3. The maximum atomic E-state index is 14.0. The van der Waals surface area contributed by atoms with Crippen molar-refractivity contribution in [3.8, 4) is 0 Å². The third-order valence-electron chi connectivity index (χ3n) is 4.43. The zero-order valence-corrected chi connectivity index (χ0v) is 14.6. The van der Waals surface area contributed by atoms with Gasteiger partial charge in [0.25, 0.3) is 0 Å². The fourth-order valence-corrected chi connectivity index (χ4v) is 4.68. The minimum absolute atomic E-state index is 0.248. The molecular weight excluding hydrogens is 352 g/mol. The van der Waals surface area contributed by atoms with Crippen LogP contribution in [0.3, 0.4) is 0 Å². The normalized spacial score (nSPS) is 18.0. The van der Waals surface area contributed by atoms with Crippen molar-refractivity contribution in [2.75, 3.05) is 0 Å². The van der Waals surface area contributed by atoms with Gasteiger partial charge in [-0.05, 0) is 25.0 Å². The van der Waals surface area contributed by atoms with Crippen molar-refractivity contribution in [3.05, 3.63) is 41.5 Å². The van der Waals surface area contributed by atoms with Gasteiger partial charge in [0.05, 0.1) is 5.54 Å². The highest BCUT2D eigenvalue weighted by Gasteiger charge is 2.41. The minimum Gasteiger partial charge on any atom is -0.340 e. The number of aryl methyl sites for hydroxylation is 1. The fourth-order valence-electron chi connectivity index (χ4n) is 3.20. The second-order valence-electron chi connectivity index (χ2n) is 6.31. The molecule has 0 amide bonds. The minimum atomic E-state index is -4.23. The van der Waals surface area contributed by atoms with E-state index in [-0.39, 0.29) is 5.82 Å². The van der Waals surface area contributed by atoms with E-state index in [4.69, 9.17) is 4.52 Å². The lowest BCUT2D eigenvalue weighted by Gasteiger charge is -2.30. The molecule has 0 saturated heterocycles. The number of sulfonamides is 1. The predicted molar refractivity (Wildman–Crippen MR) is 85.1 cm³/mol. The zero-order chi connectivity index (χ0) is 18.1. The first kappa shape index (κ1) is 17.9. The SMILES string of the molecule is Cc1nc(C2(NS(=O)(=O)c3ccc(F)cc3F)CCCCCC2)no1. The number of benzene rings is 1. The van der Waals surface area contributed by atoms with E-state index >= 15 is 0 Å². The number of rotatable bonds is 4. The number of halogens is 2. The molecule has 1 N–H and O–H groups in total. The lowest BCUT2D eigenvalue weighted by Crippen LogP contribution is -2.46. The molecule has 9 heteroatoms. The molecule has 136 valence electrons. The van der Waals surface area contributed by atoms with E-state index in [1.807, 2.05) is 0 Å². The highest BCUT2D eigenvalue weighted by atomic mass is 32.2. The fraction of sp³-hybridized carbons (Fsp3) is 0.500. The Morgan fingerprint density at radius 3 is 2.40 bits per heavy atom. The van der Waals surface area contributed by atoms with Crippen LogP contribution in [0.5, 0.6) is 0 Å². The Labute approximate surface area is 144 Å². The van der Waals surface area contributed by atoms with Crippen LogP contribution in [0.15, 0.2) is 27.6 Å². The van der Waals surface area contributed by atoms with E-state index in [0.29, 0.717) is 24.8 Å². The first-order valence-electron chi connectivity index (χ1n) is 8.12. The molecule has 1 fully saturated rings. The highest BCUT2D eigenvalue weighted by molar-refractivity contribution is 7.89. The largest absolute Gasteiger partial charge is 0.340 e. The second kappa shape index (κ2) is 6.80. The molecule has 1 aromatic heterocycles. The lowest BCUT2D eigenvalue weighted by molar-refractivity contribution is 0.301. The Balaban J connectivity index is 2.02. The molecule has 6 nitrogen and oxygen atoms in total. The van der Waals surface area contributed by atoms with Crippen LogP contribution >= 0.6 is 0 Å². The molecule has 0 unspecified atom stereocenters. The van der Waals surface area contributed by atoms with Gasteiger partial charge in [-0.2, -0.15) is 9.71 Å². The average Bonchev–Trinajstić information content (AvgIpc) is 2.83. The van der Waals surface area contributed by atoms with Gasteiger partial charge in [0.1, 0.15) is 16.5 Å². The van der Waals surface area contributed by atoms with Gasteiger partial charge < -0.3 is 4.52 Å². The van der Waals surface area contributed by atoms with Crippen LogP contribution in [0, 0.1) is 18.6 Å². The summed E-state index contributed by atoms with van der Waals surface area (Å²) in [7, 11) is -4.23. The van der Waals surface area contributed by atoms with Crippen molar-refractivity contribution in [3.63, 3.8) is 0 Å². The van der Waals surface area contributed by atoms with Gasteiger partial charge in [-0.3, -0.25) is 0 Å². The summed E-state index contributed by atoms with van der Waals surface area (Å²) in [5.41, 5.74) is -1.06. The van der Waals surface area contributed by atoms with Crippen LogP contribution < -0.4 is 4.72 Å². The summed E-state index contributed by atoms with van der Waals surface area (Å²) in [5.74, 6) is -1.40. The molecule has 0 aliphatic heterocycles. The first-order chi connectivity index (χ1) is 11.8. The number of nitrogens with zero attached hydrogens (tertiary/aromatic N) is 2. The van der Waals surface area contributed by atoms with Crippen molar-refractivity contribution in [1.82, 2.24) is 14.9 Å². The van der Waals surface area contributed by atoms with Gasteiger partial charge in [-0.1, -0.05) is 30.8 Å². The van der Waals surface area contributed by atoms with Crippen molar-refractivity contribution >= 4 is 10.0 Å². The molecule has 1 saturated carbocycles. The molecule has 3 rings (SSSR count). The van der Waals surface area contributed by atoms with Gasteiger partial charge in [-0.15, -0.1) is 0 Å². The van der Waals surface area contributed by atoms with Crippen LogP contribution in [0.1, 0.15) is 50.2 Å². The molecular formula is C16H19F2N3O3S. The van der Waals surface area contributed by atoms with E-state index in [1.54, 1.807) is 6.92 Å². The lowest BCUT2D eigenvalue weighted by atomic mass is 9.91. The van der Waals surface area contributed by atoms with Crippen LogP contribution in [0.4, 0.5) is 8.78 Å². The summed E-state index contributed by atoms with van der Waals surface area (Å²) in [6, 6.07) is 2.38. The average molecular weight is 371 g/mol. The van der Waals surface area contributed by atoms with Gasteiger partial charge in [0.2, 0.25) is 15.9 Å². The van der Waals surface area contributed by atoms with Crippen LogP contribution in [-0.2, 0) is 15.6 Å². The van der Waals surface area contributed by atoms with E-state index in [1.165, 1.54) is 0 Å². The van der Waals surface area contributed by atoms with E-state index < -0.39 is 32.1 Å². The Hall–Kier alpha value is -1.87. The molecule has 0 radical (unpaired) electrons. The number of aromatic nitrogens is 2. The van der Waals surface area contributed by atoms with E-state index in [2.05, 4.69) is 14.9 Å². The molecule has 0 spiro atoms. The second-order valence-corrected chi connectivity index (χ2v) is 7.96. The maximum Gasteiger partial charge on any atom is 0.244 e. The summed E-state index contributed by atoms with van der Waals surface area (Å²) in [6.07, 6.45) is 4.45. The van der Waals surface area contributed by atoms with E-state index in [9.17, 15) is 17.2 Å². The van der Waals surface area contributed by atoms with Crippen LogP contribution in [0.2, 0.25) is 0 Å². The quantitative estimate of drug-likeness (QED) is 0.835. The first-order valence-corrected chi connectivity index (χ1v) is 9.61. The molecule has 25 heavy (non-hydrogen) atoms. The van der Waals surface area contributed by atoms with E-state index in [0.717, 1.165) is 37.8 Å². The Morgan fingerprint density at radius 2 is 1.84 bits per heavy atom. The summed E-state index contributed by atoms with van der Waals surface area (Å²) in [4.78, 5) is 3.60. The highest BCUT2D eigenvalue weighted by Crippen LogP contribution is 2.36. The summed E-state index contributed by atoms with van der Waals surface area (Å²) < 4.78 is 60.3. The summed E-state index contributed by atoms with van der Waals surface area (Å²) in [6.45, 7) is 1.62. The number of nitrogens with one attached hydrogen (secondary N) is 1. The Kier molecular flexibility index (Phi) is 4.88. The maximum absolute atomic E-state index is 14.0. The smallest absolute Gasteiger partial charge is 0.244 e. The predicted octanol–water partition coefficient (Wildman–Crippen LogP) is 3.18. The molecule has 0 atom stereocenters. The van der Waals surface area contributed by atoms with Gasteiger partial charge in [0.15, 0.2) is 5.82 Å². The van der Waals surface area contributed by atoms with Crippen molar-refractivity contribution in [1.29, 1.82) is 0 Å². The summed E-state index contributed by atoms with van der Waals surface area (Å²) >= 11 is 0. The Bertz CT molecular complexity index is 859. The van der Waals surface area contributed by atoms with Crippen molar-refractivity contribution in [2.45, 2.75) is 55.9 Å². The van der Waals surface area contributed by atoms with Crippen LogP contribution in [0.25, 0.3) is 0 Å². The third-order valence-corrected chi connectivity index (χ3v) is 6.00. The topological polar surface area (TPSA) is 85.1 Å².